The highest BCUT2D eigenvalue weighted by atomic mass is 16.7. The standard InChI is InChI=1S/C13H15NO4/c1-2-17-13(16)11-8-12(15)14(11)18-9-10-6-4-3-5-7-10/h3-7,11H,2,8-9H2,1H3/t11-/m0/s1. The van der Waals surface area contributed by atoms with Crippen LogP contribution in [0.2, 0.25) is 0 Å². The molecule has 0 aromatic heterocycles. The summed E-state index contributed by atoms with van der Waals surface area (Å²) in [5, 5.41) is 1.10. The summed E-state index contributed by atoms with van der Waals surface area (Å²) in [5.41, 5.74) is 0.944. The lowest BCUT2D eigenvalue weighted by Gasteiger charge is -2.36. The van der Waals surface area contributed by atoms with Crippen molar-refractivity contribution in [3.8, 4) is 0 Å². The molecular weight excluding hydrogens is 234 g/mol. The van der Waals surface area contributed by atoms with E-state index in [1.165, 1.54) is 0 Å². The quantitative estimate of drug-likeness (QED) is 0.582. The molecule has 18 heavy (non-hydrogen) atoms. The van der Waals surface area contributed by atoms with E-state index >= 15 is 0 Å². The van der Waals surface area contributed by atoms with E-state index in [-0.39, 0.29) is 18.9 Å². The Kier molecular flexibility index (Phi) is 3.94. The summed E-state index contributed by atoms with van der Waals surface area (Å²) >= 11 is 0. The molecule has 5 heteroatoms. The van der Waals surface area contributed by atoms with Crippen LogP contribution in [0.1, 0.15) is 18.9 Å². The van der Waals surface area contributed by atoms with E-state index in [9.17, 15) is 9.59 Å². The molecule has 2 rings (SSSR count). The summed E-state index contributed by atoms with van der Waals surface area (Å²) in [6.45, 7) is 2.30. The lowest BCUT2D eigenvalue weighted by Crippen LogP contribution is -2.56. The van der Waals surface area contributed by atoms with Gasteiger partial charge in [0.15, 0.2) is 6.04 Å². The lowest BCUT2D eigenvalue weighted by atomic mass is 10.1. The summed E-state index contributed by atoms with van der Waals surface area (Å²) in [6, 6.07) is 8.87. The first-order chi connectivity index (χ1) is 8.72. The van der Waals surface area contributed by atoms with Crippen molar-refractivity contribution in [2.75, 3.05) is 6.61 Å². The number of carbonyl (C=O) groups is 2. The number of hydroxylamine groups is 2. The molecule has 1 aliphatic heterocycles. The monoisotopic (exact) mass is 249 g/mol. The van der Waals surface area contributed by atoms with Crippen LogP contribution in [0.5, 0.6) is 0 Å². The molecule has 0 aliphatic carbocycles. The largest absolute Gasteiger partial charge is 0.464 e. The number of amides is 1. The van der Waals surface area contributed by atoms with Crippen molar-refractivity contribution in [3.63, 3.8) is 0 Å². The van der Waals surface area contributed by atoms with Gasteiger partial charge in [0.1, 0.15) is 6.61 Å². The number of hydrogen-bond acceptors (Lipinski definition) is 4. The van der Waals surface area contributed by atoms with Crippen LogP contribution in [-0.2, 0) is 25.8 Å². The Labute approximate surface area is 105 Å². The van der Waals surface area contributed by atoms with Gasteiger partial charge in [-0.3, -0.25) is 9.63 Å². The van der Waals surface area contributed by atoms with Crippen LogP contribution in [0.15, 0.2) is 30.3 Å². The maximum atomic E-state index is 11.5. The minimum Gasteiger partial charge on any atom is -0.464 e. The van der Waals surface area contributed by atoms with Crippen molar-refractivity contribution >= 4 is 11.9 Å². The molecule has 0 unspecified atom stereocenters. The Morgan fingerprint density at radius 1 is 1.39 bits per heavy atom. The molecule has 1 aromatic rings. The molecule has 1 aliphatic rings. The molecule has 1 saturated heterocycles. The zero-order valence-electron chi connectivity index (χ0n) is 10.2. The molecule has 1 atom stereocenters. The number of esters is 1. The topological polar surface area (TPSA) is 55.8 Å². The molecule has 0 spiro atoms. The SMILES string of the molecule is CCOC(=O)[C@@H]1CC(=O)N1OCc1ccccc1. The first-order valence-electron chi connectivity index (χ1n) is 5.88. The van der Waals surface area contributed by atoms with Crippen LogP contribution < -0.4 is 0 Å². The number of ether oxygens (including phenoxy) is 1. The summed E-state index contributed by atoms with van der Waals surface area (Å²) < 4.78 is 4.86. The third kappa shape index (κ3) is 2.68. The number of rotatable bonds is 5. The molecule has 0 N–H and O–H groups in total. The summed E-state index contributed by atoms with van der Waals surface area (Å²) in [4.78, 5) is 28.2. The second-order valence-electron chi connectivity index (χ2n) is 3.95. The Morgan fingerprint density at radius 2 is 2.11 bits per heavy atom. The van der Waals surface area contributed by atoms with Crippen LogP contribution in [0.4, 0.5) is 0 Å². The first kappa shape index (κ1) is 12.6. The van der Waals surface area contributed by atoms with Crippen LogP contribution in [0, 0.1) is 0 Å². The molecule has 0 radical (unpaired) electrons. The van der Waals surface area contributed by atoms with Gasteiger partial charge in [-0.15, -0.1) is 0 Å². The number of benzene rings is 1. The Bertz CT molecular complexity index is 432. The average Bonchev–Trinajstić information content (AvgIpc) is 2.37. The highest BCUT2D eigenvalue weighted by Crippen LogP contribution is 2.22. The van der Waals surface area contributed by atoms with E-state index < -0.39 is 12.0 Å². The van der Waals surface area contributed by atoms with Crippen molar-refractivity contribution in [2.45, 2.75) is 26.0 Å². The predicted molar refractivity (Wildman–Crippen MR) is 63.1 cm³/mol. The summed E-state index contributed by atoms with van der Waals surface area (Å²) in [7, 11) is 0. The molecule has 1 fully saturated rings. The Morgan fingerprint density at radius 3 is 2.72 bits per heavy atom. The maximum Gasteiger partial charge on any atom is 0.332 e. The van der Waals surface area contributed by atoms with E-state index in [2.05, 4.69) is 0 Å². The van der Waals surface area contributed by atoms with Gasteiger partial charge in [-0.25, -0.2) is 9.86 Å². The average molecular weight is 249 g/mol. The first-order valence-corrected chi connectivity index (χ1v) is 5.88. The van der Waals surface area contributed by atoms with Gasteiger partial charge < -0.3 is 4.74 Å². The second kappa shape index (κ2) is 5.64. The highest BCUT2D eigenvalue weighted by molar-refractivity contribution is 5.94. The summed E-state index contributed by atoms with van der Waals surface area (Å²) in [6.07, 6.45) is 0.160. The van der Waals surface area contributed by atoms with Gasteiger partial charge in [0.05, 0.1) is 13.0 Å². The minimum atomic E-state index is -0.596. The molecule has 0 saturated carbocycles. The van der Waals surface area contributed by atoms with Gasteiger partial charge in [0.2, 0.25) is 5.91 Å². The molecule has 1 heterocycles. The van der Waals surface area contributed by atoms with Crippen molar-refractivity contribution < 1.29 is 19.2 Å². The van der Waals surface area contributed by atoms with E-state index in [1.807, 2.05) is 30.3 Å². The highest BCUT2D eigenvalue weighted by Gasteiger charge is 2.43. The maximum absolute atomic E-state index is 11.5. The van der Waals surface area contributed by atoms with Crippen LogP contribution in [-0.4, -0.2) is 29.6 Å². The fraction of sp³-hybridized carbons (Fsp3) is 0.385. The fourth-order valence-corrected chi connectivity index (χ4v) is 1.70. The number of β-lactam (4-membered cyclic amide) rings is 1. The van der Waals surface area contributed by atoms with Gasteiger partial charge in [0.25, 0.3) is 0 Å². The van der Waals surface area contributed by atoms with Crippen LogP contribution in [0.25, 0.3) is 0 Å². The number of hydrogen-bond donors (Lipinski definition) is 0. The van der Waals surface area contributed by atoms with Gasteiger partial charge in [-0.05, 0) is 12.5 Å². The van der Waals surface area contributed by atoms with Gasteiger partial charge in [-0.2, -0.15) is 0 Å². The van der Waals surface area contributed by atoms with E-state index in [0.29, 0.717) is 6.61 Å². The van der Waals surface area contributed by atoms with Crippen molar-refractivity contribution in [1.29, 1.82) is 0 Å². The minimum absolute atomic E-state index is 0.160. The molecule has 0 bridgehead atoms. The zero-order chi connectivity index (χ0) is 13.0. The van der Waals surface area contributed by atoms with Gasteiger partial charge in [0, 0.05) is 0 Å². The zero-order valence-corrected chi connectivity index (χ0v) is 10.2. The van der Waals surface area contributed by atoms with E-state index in [4.69, 9.17) is 9.57 Å². The van der Waals surface area contributed by atoms with Crippen molar-refractivity contribution in [2.24, 2.45) is 0 Å². The number of carbonyl (C=O) groups excluding carboxylic acids is 2. The predicted octanol–water partition coefficient (Wildman–Crippen LogP) is 1.28. The normalized spacial score (nSPS) is 18.4. The molecular formula is C13H15NO4. The molecule has 1 aromatic carbocycles. The van der Waals surface area contributed by atoms with Crippen molar-refractivity contribution in [3.05, 3.63) is 35.9 Å². The van der Waals surface area contributed by atoms with Crippen LogP contribution in [0.3, 0.4) is 0 Å². The van der Waals surface area contributed by atoms with Crippen LogP contribution >= 0.6 is 0 Å². The van der Waals surface area contributed by atoms with Crippen molar-refractivity contribution in [1.82, 2.24) is 5.06 Å². The Hall–Kier alpha value is -1.88. The molecule has 1 amide bonds. The second-order valence-corrected chi connectivity index (χ2v) is 3.95. The molecule has 5 nitrogen and oxygen atoms in total. The lowest BCUT2D eigenvalue weighted by molar-refractivity contribution is -0.237. The third-order valence-electron chi connectivity index (χ3n) is 2.67. The van der Waals surface area contributed by atoms with Gasteiger partial charge in [-0.1, -0.05) is 30.3 Å². The van der Waals surface area contributed by atoms with E-state index in [0.717, 1.165) is 10.6 Å². The third-order valence-corrected chi connectivity index (χ3v) is 2.67. The smallest absolute Gasteiger partial charge is 0.332 e. The van der Waals surface area contributed by atoms with Gasteiger partial charge >= 0.3 is 5.97 Å². The van der Waals surface area contributed by atoms with E-state index in [1.54, 1.807) is 6.92 Å². The molecule has 96 valence electrons. The number of nitrogens with zero attached hydrogens (tertiary/aromatic N) is 1. The fourth-order valence-electron chi connectivity index (χ4n) is 1.70. The summed E-state index contributed by atoms with van der Waals surface area (Å²) in [5.74, 6) is -0.603. The Balaban J connectivity index is 1.88.